The molecular formula is C20H16F3N6. The highest BCUT2D eigenvalue weighted by atomic mass is 19.1. The van der Waals surface area contributed by atoms with Gasteiger partial charge in [0.05, 0.1) is 11.7 Å². The standard InChI is InChI=1S/C20H16F3N6/c1-10(2)29-11(3)25-19-13(21)7-12(8-15(19)29)18-14(22)9-24-20(28-18)27-17-6-4-5-16(23)26-17/h4,6-10H,1-3H3,(H,24,26,27,28). The van der Waals surface area contributed by atoms with Crippen LogP contribution in [0.5, 0.6) is 0 Å². The number of benzene rings is 1. The lowest BCUT2D eigenvalue weighted by atomic mass is 10.1. The van der Waals surface area contributed by atoms with Gasteiger partial charge in [-0.05, 0) is 45.0 Å². The van der Waals surface area contributed by atoms with Gasteiger partial charge in [-0.3, -0.25) is 0 Å². The first-order valence-corrected chi connectivity index (χ1v) is 8.85. The van der Waals surface area contributed by atoms with Crippen LogP contribution in [0.1, 0.15) is 25.7 Å². The summed E-state index contributed by atoms with van der Waals surface area (Å²) >= 11 is 0. The van der Waals surface area contributed by atoms with Crippen molar-refractivity contribution in [2.24, 2.45) is 0 Å². The third kappa shape index (κ3) is 3.51. The van der Waals surface area contributed by atoms with Crippen LogP contribution in [0.25, 0.3) is 22.3 Å². The number of pyridine rings is 1. The van der Waals surface area contributed by atoms with Crippen LogP contribution in [-0.4, -0.2) is 24.5 Å². The number of halogens is 3. The number of nitrogens with zero attached hydrogens (tertiary/aromatic N) is 5. The van der Waals surface area contributed by atoms with Gasteiger partial charge in [0.15, 0.2) is 11.6 Å². The molecule has 0 fully saturated rings. The van der Waals surface area contributed by atoms with E-state index >= 15 is 0 Å². The van der Waals surface area contributed by atoms with Crippen molar-refractivity contribution in [2.75, 3.05) is 5.32 Å². The van der Waals surface area contributed by atoms with Gasteiger partial charge in [0.2, 0.25) is 11.9 Å². The Morgan fingerprint density at radius 1 is 1.07 bits per heavy atom. The van der Waals surface area contributed by atoms with Crippen molar-refractivity contribution in [3.05, 3.63) is 59.9 Å². The van der Waals surface area contributed by atoms with Crippen molar-refractivity contribution in [3.8, 4) is 11.3 Å². The summed E-state index contributed by atoms with van der Waals surface area (Å²) in [7, 11) is 0. The first-order chi connectivity index (χ1) is 13.8. The van der Waals surface area contributed by atoms with E-state index in [4.69, 9.17) is 0 Å². The lowest BCUT2D eigenvalue weighted by Crippen LogP contribution is -2.04. The number of aromatic nitrogens is 5. The lowest BCUT2D eigenvalue weighted by molar-refractivity contribution is 0.583. The summed E-state index contributed by atoms with van der Waals surface area (Å²) in [5.41, 5.74) is 0.899. The molecule has 0 amide bonds. The number of nitrogens with one attached hydrogen (secondary N) is 1. The van der Waals surface area contributed by atoms with Crippen molar-refractivity contribution in [1.82, 2.24) is 24.5 Å². The molecule has 3 heterocycles. The number of hydrogen-bond acceptors (Lipinski definition) is 5. The molecule has 147 valence electrons. The third-order valence-corrected chi connectivity index (χ3v) is 4.36. The van der Waals surface area contributed by atoms with Crippen LogP contribution in [0.4, 0.5) is 24.9 Å². The number of hydrogen-bond donors (Lipinski definition) is 1. The van der Waals surface area contributed by atoms with E-state index in [1.54, 1.807) is 13.0 Å². The maximum atomic E-state index is 14.7. The van der Waals surface area contributed by atoms with Crippen molar-refractivity contribution in [2.45, 2.75) is 26.8 Å². The summed E-state index contributed by atoms with van der Waals surface area (Å²) in [6, 6.07) is 7.95. The van der Waals surface area contributed by atoms with E-state index in [1.165, 1.54) is 18.2 Å². The molecule has 0 spiro atoms. The smallest absolute Gasteiger partial charge is 0.229 e. The van der Waals surface area contributed by atoms with Crippen molar-refractivity contribution in [3.63, 3.8) is 0 Å². The fourth-order valence-corrected chi connectivity index (χ4v) is 3.24. The molecule has 0 bridgehead atoms. The maximum absolute atomic E-state index is 14.7. The Morgan fingerprint density at radius 3 is 2.59 bits per heavy atom. The fourth-order valence-electron chi connectivity index (χ4n) is 3.24. The zero-order valence-corrected chi connectivity index (χ0v) is 15.8. The highest BCUT2D eigenvalue weighted by molar-refractivity contribution is 5.83. The van der Waals surface area contributed by atoms with Crippen molar-refractivity contribution in [1.29, 1.82) is 0 Å². The molecule has 0 aliphatic carbocycles. The van der Waals surface area contributed by atoms with Gasteiger partial charge in [0.25, 0.3) is 0 Å². The monoisotopic (exact) mass is 397 g/mol. The van der Waals surface area contributed by atoms with Gasteiger partial charge in [-0.25, -0.2) is 28.7 Å². The van der Waals surface area contributed by atoms with Gasteiger partial charge >= 0.3 is 0 Å². The molecule has 3 aromatic heterocycles. The van der Waals surface area contributed by atoms with Crippen LogP contribution in [0.2, 0.25) is 0 Å². The van der Waals surface area contributed by atoms with Gasteiger partial charge in [-0.15, -0.1) is 0 Å². The molecule has 0 atom stereocenters. The van der Waals surface area contributed by atoms with E-state index in [-0.39, 0.29) is 34.6 Å². The summed E-state index contributed by atoms with van der Waals surface area (Å²) in [6.45, 7) is 5.70. The predicted molar refractivity (Wildman–Crippen MR) is 102 cm³/mol. The third-order valence-electron chi connectivity index (χ3n) is 4.36. The van der Waals surface area contributed by atoms with Crippen molar-refractivity contribution < 1.29 is 13.2 Å². The summed E-state index contributed by atoms with van der Waals surface area (Å²) < 4.78 is 44.3. The van der Waals surface area contributed by atoms with Gasteiger partial charge < -0.3 is 9.88 Å². The summed E-state index contributed by atoms with van der Waals surface area (Å²) in [4.78, 5) is 15.9. The van der Waals surface area contributed by atoms with Crippen LogP contribution in [0.3, 0.4) is 0 Å². The zero-order valence-electron chi connectivity index (χ0n) is 15.8. The second-order valence-corrected chi connectivity index (χ2v) is 6.73. The average Bonchev–Trinajstić information content (AvgIpc) is 3.00. The van der Waals surface area contributed by atoms with E-state index in [9.17, 15) is 13.2 Å². The van der Waals surface area contributed by atoms with Crippen LogP contribution < -0.4 is 5.32 Å². The van der Waals surface area contributed by atoms with E-state index in [2.05, 4.69) is 31.3 Å². The van der Waals surface area contributed by atoms with E-state index in [0.29, 0.717) is 11.3 Å². The molecule has 0 unspecified atom stereocenters. The first kappa shape index (κ1) is 18.9. The van der Waals surface area contributed by atoms with Gasteiger partial charge in [0.1, 0.15) is 22.9 Å². The molecule has 4 aromatic rings. The second-order valence-electron chi connectivity index (χ2n) is 6.73. The molecule has 1 aromatic carbocycles. The Bertz CT molecular complexity index is 1220. The quantitative estimate of drug-likeness (QED) is 0.504. The van der Waals surface area contributed by atoms with E-state index in [1.807, 2.05) is 18.4 Å². The number of aryl methyl sites for hydroxylation is 1. The predicted octanol–water partition coefficient (Wildman–Crippen LogP) is 4.74. The Kier molecular flexibility index (Phi) is 4.65. The molecule has 0 aliphatic rings. The molecule has 29 heavy (non-hydrogen) atoms. The second kappa shape index (κ2) is 7.16. The minimum absolute atomic E-state index is 0.00597. The van der Waals surface area contributed by atoms with Crippen LogP contribution in [0, 0.1) is 30.6 Å². The highest BCUT2D eigenvalue weighted by Gasteiger charge is 2.18. The SMILES string of the molecule is Cc1nc2c(F)cc(-c3nc(Nc4cc[c]c(F)n4)ncc3F)cc2n1C(C)C. The number of fused-ring (bicyclic) bond motifs is 1. The minimum Gasteiger partial charge on any atom is -0.326 e. The average molecular weight is 397 g/mol. The molecule has 0 saturated heterocycles. The van der Waals surface area contributed by atoms with E-state index < -0.39 is 17.6 Å². The van der Waals surface area contributed by atoms with Gasteiger partial charge in [0, 0.05) is 17.7 Å². The summed E-state index contributed by atoms with van der Waals surface area (Å²) in [5.74, 6) is -1.31. The number of anilines is 2. The normalized spacial score (nSPS) is 11.4. The Balaban J connectivity index is 1.82. The molecule has 0 saturated carbocycles. The molecule has 9 heteroatoms. The highest BCUT2D eigenvalue weighted by Crippen LogP contribution is 2.30. The Labute approximate surface area is 164 Å². The largest absolute Gasteiger partial charge is 0.326 e. The van der Waals surface area contributed by atoms with Crippen molar-refractivity contribution >= 4 is 22.8 Å². The lowest BCUT2D eigenvalue weighted by Gasteiger charge is -2.12. The Hall–Kier alpha value is -3.49. The van der Waals surface area contributed by atoms with E-state index in [0.717, 1.165) is 6.20 Å². The maximum Gasteiger partial charge on any atom is 0.229 e. The summed E-state index contributed by atoms with van der Waals surface area (Å²) in [6.07, 6.45) is 0.961. The van der Waals surface area contributed by atoms with Gasteiger partial charge in [-0.2, -0.15) is 4.39 Å². The molecule has 6 nitrogen and oxygen atoms in total. The topological polar surface area (TPSA) is 68.5 Å². The first-order valence-electron chi connectivity index (χ1n) is 8.85. The van der Waals surface area contributed by atoms with Crippen LogP contribution >= 0.6 is 0 Å². The fraction of sp³-hybridized carbons (Fsp3) is 0.200. The molecule has 0 aliphatic heterocycles. The molecule has 1 radical (unpaired) electrons. The van der Waals surface area contributed by atoms with Crippen LogP contribution in [-0.2, 0) is 0 Å². The van der Waals surface area contributed by atoms with Crippen LogP contribution in [0.15, 0.2) is 30.5 Å². The molecule has 1 N–H and O–H groups in total. The minimum atomic E-state index is -0.804. The summed E-state index contributed by atoms with van der Waals surface area (Å²) in [5, 5.41) is 2.70. The molecular weight excluding hydrogens is 381 g/mol. The van der Waals surface area contributed by atoms with Gasteiger partial charge in [-0.1, -0.05) is 0 Å². The number of imidazole rings is 1. The number of rotatable bonds is 4. The Morgan fingerprint density at radius 2 is 1.86 bits per heavy atom. The molecule has 4 rings (SSSR count). The zero-order chi connectivity index (χ0) is 20.7.